The Morgan fingerprint density at radius 2 is 1.80 bits per heavy atom. The summed E-state index contributed by atoms with van der Waals surface area (Å²) in [6, 6.07) is 3.29. The van der Waals surface area contributed by atoms with Crippen LogP contribution >= 0.6 is 0 Å². The maximum absolute atomic E-state index is 9.78. The Kier molecular flexibility index (Phi) is 4.33. The van der Waals surface area contributed by atoms with E-state index in [0.717, 1.165) is 12.5 Å². The monoisotopic (exact) mass is 275 g/mol. The van der Waals surface area contributed by atoms with Gasteiger partial charge in [0.15, 0.2) is 0 Å². The molecule has 112 valence electrons. The van der Waals surface area contributed by atoms with Gasteiger partial charge in [-0.3, -0.25) is 5.32 Å². The van der Waals surface area contributed by atoms with Crippen LogP contribution < -0.4 is 5.32 Å². The summed E-state index contributed by atoms with van der Waals surface area (Å²) in [7, 11) is 2.22. The molecule has 0 saturated heterocycles. The smallest absolute Gasteiger partial charge is 0.122 e. The average Bonchev–Trinajstić information content (AvgIpc) is 3.32. The molecular weight excluding hydrogens is 246 g/mol. The Bertz CT molecular complexity index is 361. The van der Waals surface area contributed by atoms with E-state index in [2.05, 4.69) is 23.3 Å². The Morgan fingerprint density at radius 3 is 2.35 bits per heavy atom. The zero-order valence-corrected chi connectivity index (χ0v) is 12.9. The highest BCUT2D eigenvalue weighted by Crippen LogP contribution is 2.42. The summed E-state index contributed by atoms with van der Waals surface area (Å²) in [4.78, 5) is 2.44. The molecule has 3 heteroatoms. The molecule has 3 aliphatic carbocycles. The summed E-state index contributed by atoms with van der Waals surface area (Å²) in [6.07, 6.45) is 12.0. The predicted molar refractivity (Wildman–Crippen MR) is 81.3 cm³/mol. The van der Waals surface area contributed by atoms with E-state index in [1.165, 1.54) is 64.3 Å². The van der Waals surface area contributed by atoms with Gasteiger partial charge in [-0.15, -0.1) is 0 Å². The van der Waals surface area contributed by atoms with Crippen LogP contribution in [-0.2, 0) is 0 Å². The molecule has 3 saturated carbocycles. The third kappa shape index (κ3) is 3.54. The third-order valence-electron chi connectivity index (χ3n) is 5.33. The topological polar surface area (TPSA) is 39.1 Å². The molecule has 0 spiro atoms. The van der Waals surface area contributed by atoms with Crippen molar-refractivity contribution in [3.63, 3.8) is 0 Å². The lowest BCUT2D eigenvalue weighted by Crippen LogP contribution is -2.55. The Morgan fingerprint density at radius 1 is 1.10 bits per heavy atom. The van der Waals surface area contributed by atoms with Crippen molar-refractivity contribution in [2.45, 2.75) is 69.4 Å². The Balaban J connectivity index is 1.55. The molecule has 0 aromatic rings. The van der Waals surface area contributed by atoms with Gasteiger partial charge in [-0.1, -0.05) is 19.3 Å². The number of hydrogen-bond donors (Lipinski definition) is 1. The highest BCUT2D eigenvalue weighted by Gasteiger charge is 2.48. The molecule has 3 nitrogen and oxygen atoms in total. The molecule has 0 bridgehead atoms. The minimum Gasteiger partial charge on any atom is -0.303 e. The lowest BCUT2D eigenvalue weighted by atomic mass is 9.88. The Labute approximate surface area is 123 Å². The largest absolute Gasteiger partial charge is 0.303 e. The first-order chi connectivity index (χ1) is 9.72. The van der Waals surface area contributed by atoms with Crippen LogP contribution in [0, 0.1) is 23.2 Å². The van der Waals surface area contributed by atoms with Crippen LogP contribution in [0.2, 0.25) is 0 Å². The highest BCUT2D eigenvalue weighted by atomic mass is 15.2. The molecule has 0 amide bonds. The number of likely N-dealkylation sites (N-methyl/N-ethyl adjacent to an activating group) is 1. The Hall–Kier alpha value is -0.590. The van der Waals surface area contributed by atoms with Crippen molar-refractivity contribution in [3.8, 4) is 6.07 Å². The quantitative estimate of drug-likeness (QED) is 0.776. The van der Waals surface area contributed by atoms with E-state index < -0.39 is 0 Å². The molecule has 0 aromatic carbocycles. The summed E-state index contributed by atoms with van der Waals surface area (Å²) in [5, 5.41) is 13.5. The van der Waals surface area contributed by atoms with Crippen LogP contribution in [0.4, 0.5) is 0 Å². The second kappa shape index (κ2) is 6.03. The molecule has 20 heavy (non-hydrogen) atoms. The van der Waals surface area contributed by atoms with Crippen LogP contribution in [0.25, 0.3) is 0 Å². The van der Waals surface area contributed by atoms with E-state index in [1.807, 2.05) is 0 Å². The number of nitrogens with zero attached hydrogens (tertiary/aromatic N) is 2. The molecule has 1 atom stereocenters. The van der Waals surface area contributed by atoms with Crippen molar-refractivity contribution in [1.82, 2.24) is 10.2 Å². The second-order valence-electron chi connectivity index (χ2n) is 7.48. The van der Waals surface area contributed by atoms with Crippen molar-refractivity contribution >= 4 is 0 Å². The van der Waals surface area contributed by atoms with Crippen LogP contribution in [-0.4, -0.2) is 36.6 Å². The van der Waals surface area contributed by atoms with Gasteiger partial charge in [-0.2, -0.15) is 5.26 Å². The predicted octanol–water partition coefficient (Wildman–Crippen LogP) is 2.92. The summed E-state index contributed by atoms with van der Waals surface area (Å²) >= 11 is 0. The fourth-order valence-electron chi connectivity index (χ4n) is 3.92. The van der Waals surface area contributed by atoms with Gasteiger partial charge >= 0.3 is 0 Å². The summed E-state index contributed by atoms with van der Waals surface area (Å²) in [5.41, 5.74) is -0.259. The molecular formula is C17H29N3. The zero-order chi connectivity index (χ0) is 14.0. The van der Waals surface area contributed by atoms with E-state index in [0.29, 0.717) is 12.0 Å². The van der Waals surface area contributed by atoms with Gasteiger partial charge in [0, 0.05) is 19.1 Å². The van der Waals surface area contributed by atoms with Gasteiger partial charge in [-0.25, -0.2) is 0 Å². The molecule has 3 fully saturated rings. The van der Waals surface area contributed by atoms with Gasteiger partial charge in [-0.05, 0) is 57.4 Å². The number of nitriles is 1. The normalized spacial score (nSPS) is 27.2. The molecule has 0 radical (unpaired) electrons. The standard InChI is InChI=1S/C17H29N3/c1-20(11-14-5-3-2-4-6-14)13-17(12-18,15-7-8-15)19-16-9-10-16/h14-16,19H,2-11,13H2,1H3. The summed E-state index contributed by atoms with van der Waals surface area (Å²) in [5.74, 6) is 1.46. The summed E-state index contributed by atoms with van der Waals surface area (Å²) < 4.78 is 0. The third-order valence-corrected chi connectivity index (χ3v) is 5.33. The molecule has 3 rings (SSSR count). The van der Waals surface area contributed by atoms with E-state index in [-0.39, 0.29) is 5.54 Å². The van der Waals surface area contributed by atoms with Gasteiger partial charge in [0.1, 0.15) is 5.54 Å². The van der Waals surface area contributed by atoms with Gasteiger partial charge in [0.05, 0.1) is 6.07 Å². The maximum atomic E-state index is 9.78. The van der Waals surface area contributed by atoms with E-state index in [1.54, 1.807) is 0 Å². The first-order valence-electron chi connectivity index (χ1n) is 8.59. The summed E-state index contributed by atoms with van der Waals surface area (Å²) in [6.45, 7) is 2.10. The van der Waals surface area contributed by atoms with E-state index in [9.17, 15) is 5.26 Å². The molecule has 1 N–H and O–H groups in total. The molecule has 1 unspecified atom stereocenters. The number of hydrogen-bond acceptors (Lipinski definition) is 3. The molecule has 0 aromatic heterocycles. The average molecular weight is 275 g/mol. The van der Waals surface area contributed by atoms with Crippen LogP contribution in [0.15, 0.2) is 0 Å². The fraction of sp³-hybridized carbons (Fsp3) is 0.941. The minimum absolute atomic E-state index is 0.259. The van der Waals surface area contributed by atoms with Crippen LogP contribution in [0.3, 0.4) is 0 Å². The second-order valence-corrected chi connectivity index (χ2v) is 7.48. The van der Waals surface area contributed by atoms with Crippen molar-refractivity contribution in [3.05, 3.63) is 0 Å². The number of rotatable bonds is 7. The van der Waals surface area contributed by atoms with Gasteiger partial charge in [0.2, 0.25) is 0 Å². The van der Waals surface area contributed by atoms with Crippen LogP contribution in [0.5, 0.6) is 0 Å². The van der Waals surface area contributed by atoms with E-state index >= 15 is 0 Å². The van der Waals surface area contributed by atoms with Crippen molar-refractivity contribution < 1.29 is 0 Å². The van der Waals surface area contributed by atoms with Gasteiger partial charge < -0.3 is 4.90 Å². The lowest BCUT2D eigenvalue weighted by molar-refractivity contribution is 0.183. The molecule has 0 heterocycles. The lowest BCUT2D eigenvalue weighted by Gasteiger charge is -2.35. The van der Waals surface area contributed by atoms with Crippen molar-refractivity contribution in [2.75, 3.05) is 20.1 Å². The first-order valence-corrected chi connectivity index (χ1v) is 8.59. The van der Waals surface area contributed by atoms with Crippen molar-refractivity contribution in [2.24, 2.45) is 11.8 Å². The van der Waals surface area contributed by atoms with Crippen molar-refractivity contribution in [1.29, 1.82) is 5.26 Å². The maximum Gasteiger partial charge on any atom is 0.122 e. The zero-order valence-electron chi connectivity index (χ0n) is 12.9. The fourth-order valence-corrected chi connectivity index (χ4v) is 3.92. The first kappa shape index (κ1) is 14.4. The SMILES string of the molecule is CN(CC1CCCCC1)CC(C#N)(NC1CC1)C1CC1. The van der Waals surface area contributed by atoms with E-state index in [4.69, 9.17) is 0 Å². The molecule has 0 aliphatic heterocycles. The molecule has 3 aliphatic rings. The van der Waals surface area contributed by atoms with Gasteiger partial charge in [0.25, 0.3) is 0 Å². The number of nitrogens with one attached hydrogen (secondary N) is 1. The highest BCUT2D eigenvalue weighted by molar-refractivity contribution is 5.18. The van der Waals surface area contributed by atoms with Crippen LogP contribution in [0.1, 0.15) is 57.8 Å². The minimum atomic E-state index is -0.259.